The van der Waals surface area contributed by atoms with E-state index in [1.165, 1.54) is 0 Å². The molecule has 1 fully saturated rings. The van der Waals surface area contributed by atoms with Gasteiger partial charge in [0.15, 0.2) is 0 Å². The van der Waals surface area contributed by atoms with E-state index in [1.807, 2.05) is 29.2 Å². The molecule has 1 amide bonds. The second-order valence-corrected chi connectivity index (χ2v) is 4.80. The van der Waals surface area contributed by atoms with Crippen LogP contribution in [0.4, 0.5) is 0 Å². The Morgan fingerprint density at radius 3 is 2.79 bits per heavy atom. The summed E-state index contributed by atoms with van der Waals surface area (Å²) in [6.07, 6.45) is 0.473. The molecule has 0 aliphatic carbocycles. The van der Waals surface area contributed by atoms with Crippen molar-refractivity contribution in [2.45, 2.75) is 19.1 Å². The Morgan fingerprint density at radius 2 is 2.21 bits per heavy atom. The van der Waals surface area contributed by atoms with Crippen LogP contribution in [0.25, 0.3) is 0 Å². The number of likely N-dealkylation sites (tertiary alicyclic amines) is 1. The van der Waals surface area contributed by atoms with E-state index in [9.17, 15) is 9.90 Å². The summed E-state index contributed by atoms with van der Waals surface area (Å²) in [5.41, 5.74) is 1.04. The van der Waals surface area contributed by atoms with Crippen molar-refractivity contribution in [2.24, 2.45) is 0 Å². The van der Waals surface area contributed by atoms with Gasteiger partial charge in [0.2, 0.25) is 5.91 Å². The molecule has 1 aromatic rings. The first kappa shape index (κ1) is 13.8. The highest BCUT2D eigenvalue weighted by molar-refractivity contribution is 5.78. The van der Waals surface area contributed by atoms with E-state index in [0.29, 0.717) is 19.6 Å². The van der Waals surface area contributed by atoms with Crippen LogP contribution in [-0.4, -0.2) is 48.8 Å². The van der Waals surface area contributed by atoms with E-state index in [0.717, 1.165) is 24.3 Å². The number of β-amino-alcohol motifs (C(OH)–C–C–N with tert-alkyl or cyclic N) is 1. The van der Waals surface area contributed by atoms with Gasteiger partial charge in [-0.15, -0.1) is 0 Å². The van der Waals surface area contributed by atoms with Crippen LogP contribution in [0.1, 0.15) is 12.0 Å². The molecule has 0 spiro atoms. The quantitative estimate of drug-likeness (QED) is 0.807. The Balaban J connectivity index is 1.73. The van der Waals surface area contributed by atoms with Crippen molar-refractivity contribution in [3.63, 3.8) is 0 Å². The molecule has 1 saturated heterocycles. The predicted molar refractivity (Wildman–Crippen MR) is 71.9 cm³/mol. The third-order valence-electron chi connectivity index (χ3n) is 3.26. The Bertz CT molecular complexity index is 419. The van der Waals surface area contributed by atoms with E-state index in [4.69, 9.17) is 4.74 Å². The second kappa shape index (κ2) is 6.54. The van der Waals surface area contributed by atoms with Crippen LogP contribution in [0.2, 0.25) is 0 Å². The number of rotatable bonds is 5. The third kappa shape index (κ3) is 4.22. The summed E-state index contributed by atoms with van der Waals surface area (Å²) in [5.74, 6) is 0.797. The summed E-state index contributed by atoms with van der Waals surface area (Å²) in [4.78, 5) is 13.7. The van der Waals surface area contributed by atoms with Gasteiger partial charge in [0.1, 0.15) is 5.75 Å². The molecule has 2 N–H and O–H groups in total. The predicted octanol–water partition coefficient (Wildman–Crippen LogP) is 0.378. The number of hydrogen-bond donors (Lipinski definition) is 2. The Hall–Kier alpha value is -1.59. The number of ether oxygens (including phenoxy) is 1. The standard InChI is InChI=1S/C14H20N2O3/c1-19-13-4-2-11(3-5-13)8-15-14(18)10-16-7-6-12(17)9-16/h2-5,12,17H,6-10H2,1H3,(H,15,18)/t12-/m0/s1. The zero-order chi connectivity index (χ0) is 13.7. The summed E-state index contributed by atoms with van der Waals surface area (Å²) in [5, 5.41) is 12.3. The van der Waals surface area contributed by atoms with Crippen LogP contribution >= 0.6 is 0 Å². The third-order valence-corrected chi connectivity index (χ3v) is 3.26. The average Bonchev–Trinajstić information content (AvgIpc) is 2.82. The maximum absolute atomic E-state index is 11.7. The minimum atomic E-state index is -0.283. The van der Waals surface area contributed by atoms with Crippen LogP contribution in [0.3, 0.4) is 0 Å². The summed E-state index contributed by atoms with van der Waals surface area (Å²) >= 11 is 0. The van der Waals surface area contributed by atoms with Crippen LogP contribution in [0.15, 0.2) is 24.3 Å². The lowest BCUT2D eigenvalue weighted by molar-refractivity contribution is -0.122. The van der Waals surface area contributed by atoms with Crippen molar-refractivity contribution < 1.29 is 14.6 Å². The molecule has 0 radical (unpaired) electrons. The fourth-order valence-corrected chi connectivity index (χ4v) is 2.16. The molecule has 5 heteroatoms. The van der Waals surface area contributed by atoms with E-state index < -0.39 is 0 Å². The maximum atomic E-state index is 11.7. The largest absolute Gasteiger partial charge is 0.497 e. The van der Waals surface area contributed by atoms with Gasteiger partial charge in [0.05, 0.1) is 19.8 Å². The van der Waals surface area contributed by atoms with Crippen molar-refractivity contribution in [2.75, 3.05) is 26.7 Å². The molecule has 5 nitrogen and oxygen atoms in total. The monoisotopic (exact) mass is 264 g/mol. The highest BCUT2D eigenvalue weighted by Gasteiger charge is 2.21. The molecule has 1 aliphatic rings. The molecule has 0 unspecified atom stereocenters. The van der Waals surface area contributed by atoms with Crippen molar-refractivity contribution in [1.82, 2.24) is 10.2 Å². The number of carbonyl (C=O) groups is 1. The molecular weight excluding hydrogens is 244 g/mol. The van der Waals surface area contributed by atoms with E-state index in [2.05, 4.69) is 5.32 Å². The lowest BCUT2D eigenvalue weighted by Gasteiger charge is -2.14. The molecule has 0 bridgehead atoms. The number of hydrogen-bond acceptors (Lipinski definition) is 4. The van der Waals surface area contributed by atoms with Crippen molar-refractivity contribution in [3.05, 3.63) is 29.8 Å². The molecule has 2 rings (SSSR count). The van der Waals surface area contributed by atoms with Gasteiger partial charge in [-0.2, -0.15) is 0 Å². The van der Waals surface area contributed by atoms with Gasteiger partial charge >= 0.3 is 0 Å². The SMILES string of the molecule is COc1ccc(CNC(=O)CN2CC[C@H](O)C2)cc1. The van der Waals surface area contributed by atoms with Crippen LogP contribution in [0.5, 0.6) is 5.75 Å². The molecule has 0 aromatic heterocycles. The first-order valence-corrected chi connectivity index (χ1v) is 6.47. The van der Waals surface area contributed by atoms with E-state index >= 15 is 0 Å². The summed E-state index contributed by atoms with van der Waals surface area (Å²) in [6.45, 7) is 2.25. The minimum absolute atomic E-state index is 0.00934. The Labute approximate surface area is 113 Å². The van der Waals surface area contributed by atoms with Crippen LogP contribution in [0, 0.1) is 0 Å². The molecule has 1 aliphatic heterocycles. The van der Waals surface area contributed by atoms with Gasteiger partial charge in [-0.1, -0.05) is 12.1 Å². The molecule has 19 heavy (non-hydrogen) atoms. The highest BCUT2D eigenvalue weighted by Crippen LogP contribution is 2.11. The van der Waals surface area contributed by atoms with Gasteiger partial charge in [0.25, 0.3) is 0 Å². The summed E-state index contributed by atoms with van der Waals surface area (Å²) in [6, 6.07) is 7.61. The lowest BCUT2D eigenvalue weighted by atomic mass is 10.2. The fourth-order valence-electron chi connectivity index (χ4n) is 2.16. The fraction of sp³-hybridized carbons (Fsp3) is 0.500. The first-order chi connectivity index (χ1) is 9.17. The second-order valence-electron chi connectivity index (χ2n) is 4.80. The Morgan fingerprint density at radius 1 is 1.47 bits per heavy atom. The van der Waals surface area contributed by atoms with E-state index in [-0.39, 0.29) is 12.0 Å². The number of aliphatic hydroxyl groups is 1. The Kier molecular flexibility index (Phi) is 4.76. The van der Waals surface area contributed by atoms with Crippen molar-refractivity contribution >= 4 is 5.91 Å². The van der Waals surface area contributed by atoms with Gasteiger partial charge in [-0.25, -0.2) is 0 Å². The molecule has 1 aromatic carbocycles. The normalized spacial score (nSPS) is 19.4. The molecule has 104 valence electrons. The summed E-state index contributed by atoms with van der Waals surface area (Å²) in [7, 11) is 1.63. The van der Waals surface area contributed by atoms with Gasteiger partial charge < -0.3 is 15.2 Å². The number of aliphatic hydroxyl groups excluding tert-OH is 1. The topological polar surface area (TPSA) is 61.8 Å². The van der Waals surface area contributed by atoms with Gasteiger partial charge in [-0.05, 0) is 24.1 Å². The number of nitrogens with one attached hydrogen (secondary N) is 1. The minimum Gasteiger partial charge on any atom is -0.497 e. The zero-order valence-electron chi connectivity index (χ0n) is 11.1. The summed E-state index contributed by atoms with van der Waals surface area (Å²) < 4.78 is 5.08. The first-order valence-electron chi connectivity index (χ1n) is 6.47. The number of carbonyl (C=O) groups excluding carboxylic acids is 1. The number of nitrogens with zero attached hydrogens (tertiary/aromatic N) is 1. The average molecular weight is 264 g/mol. The zero-order valence-corrected chi connectivity index (χ0v) is 11.1. The van der Waals surface area contributed by atoms with Crippen LogP contribution < -0.4 is 10.1 Å². The highest BCUT2D eigenvalue weighted by atomic mass is 16.5. The maximum Gasteiger partial charge on any atom is 0.234 e. The molecule has 1 heterocycles. The van der Waals surface area contributed by atoms with Gasteiger partial charge in [0, 0.05) is 19.6 Å². The van der Waals surface area contributed by atoms with Crippen LogP contribution in [-0.2, 0) is 11.3 Å². The number of benzene rings is 1. The molecular formula is C14H20N2O3. The van der Waals surface area contributed by atoms with Crippen molar-refractivity contribution in [1.29, 1.82) is 0 Å². The molecule has 0 saturated carbocycles. The van der Waals surface area contributed by atoms with E-state index in [1.54, 1.807) is 7.11 Å². The smallest absolute Gasteiger partial charge is 0.234 e. The molecule has 1 atom stereocenters. The number of amides is 1. The van der Waals surface area contributed by atoms with Crippen molar-refractivity contribution in [3.8, 4) is 5.75 Å². The van der Waals surface area contributed by atoms with Gasteiger partial charge in [-0.3, -0.25) is 9.69 Å². The number of methoxy groups -OCH3 is 1. The lowest BCUT2D eigenvalue weighted by Crippen LogP contribution is -2.36.